The molecule has 0 saturated heterocycles. The van der Waals surface area contributed by atoms with E-state index in [0.29, 0.717) is 18.2 Å². The van der Waals surface area contributed by atoms with Crippen LogP contribution in [0.3, 0.4) is 0 Å². The first-order valence-corrected chi connectivity index (χ1v) is 8.28. The fraction of sp³-hybridized carbons (Fsp3) is 0.389. The van der Waals surface area contributed by atoms with Crippen molar-refractivity contribution >= 4 is 5.91 Å². The summed E-state index contributed by atoms with van der Waals surface area (Å²) in [6.45, 7) is 3.24. The maximum atomic E-state index is 13.9. The lowest BCUT2D eigenvalue weighted by Gasteiger charge is -2.13. The van der Waals surface area contributed by atoms with Gasteiger partial charge in [-0.05, 0) is 36.6 Å². The summed E-state index contributed by atoms with van der Waals surface area (Å²) in [4.78, 5) is 12.4. The largest absolute Gasteiger partial charge is 0.478 e. The van der Waals surface area contributed by atoms with Gasteiger partial charge in [0.15, 0.2) is 5.69 Å². The molecule has 1 aliphatic carbocycles. The lowest BCUT2D eigenvalue weighted by Crippen LogP contribution is -2.27. The summed E-state index contributed by atoms with van der Waals surface area (Å²) in [6, 6.07) is 6.42. The van der Waals surface area contributed by atoms with E-state index < -0.39 is 5.82 Å². The molecule has 1 aromatic heterocycles. The Morgan fingerprint density at radius 3 is 3.08 bits per heavy atom. The number of aryl methyl sites for hydroxylation is 2. The van der Waals surface area contributed by atoms with Gasteiger partial charge in [-0.2, -0.15) is 10.4 Å². The SMILES string of the molecule is Cc1cc(C#N)c(F)cc1C1CC1NC(=O)c1cc2n(n1)CCCO2. The maximum absolute atomic E-state index is 13.9. The summed E-state index contributed by atoms with van der Waals surface area (Å²) in [6.07, 6.45) is 1.63. The van der Waals surface area contributed by atoms with Crippen molar-refractivity contribution in [3.05, 3.63) is 46.4 Å². The molecule has 4 rings (SSSR count). The van der Waals surface area contributed by atoms with Gasteiger partial charge in [0, 0.05) is 31.0 Å². The maximum Gasteiger partial charge on any atom is 0.272 e. The van der Waals surface area contributed by atoms with Crippen LogP contribution >= 0.6 is 0 Å². The number of aromatic nitrogens is 2. The van der Waals surface area contributed by atoms with Gasteiger partial charge in [0.1, 0.15) is 11.9 Å². The second-order valence-electron chi connectivity index (χ2n) is 6.52. The van der Waals surface area contributed by atoms with E-state index in [9.17, 15) is 9.18 Å². The van der Waals surface area contributed by atoms with E-state index >= 15 is 0 Å². The van der Waals surface area contributed by atoms with Crippen molar-refractivity contribution in [1.82, 2.24) is 15.1 Å². The molecule has 1 N–H and O–H groups in total. The van der Waals surface area contributed by atoms with Crippen LogP contribution in [0.25, 0.3) is 0 Å². The van der Waals surface area contributed by atoms with Gasteiger partial charge in [0.05, 0.1) is 12.2 Å². The van der Waals surface area contributed by atoms with Gasteiger partial charge >= 0.3 is 0 Å². The second-order valence-corrected chi connectivity index (χ2v) is 6.52. The highest BCUT2D eigenvalue weighted by molar-refractivity contribution is 5.93. The van der Waals surface area contributed by atoms with Gasteiger partial charge in [-0.15, -0.1) is 0 Å². The third-order valence-corrected chi connectivity index (χ3v) is 4.72. The number of nitrogens with one attached hydrogen (secondary N) is 1. The third-order valence-electron chi connectivity index (χ3n) is 4.72. The molecule has 128 valence electrons. The first-order valence-electron chi connectivity index (χ1n) is 8.28. The summed E-state index contributed by atoms with van der Waals surface area (Å²) in [7, 11) is 0. The van der Waals surface area contributed by atoms with Crippen LogP contribution in [-0.2, 0) is 6.54 Å². The Kier molecular flexibility index (Phi) is 3.68. The number of fused-ring (bicyclic) bond motifs is 1. The predicted octanol–water partition coefficient (Wildman–Crippen LogP) is 2.27. The number of rotatable bonds is 3. The standard InChI is InChI=1S/C18H17FN4O2/c1-10-5-11(9-20)14(19)6-12(10)13-7-15(13)21-18(24)16-8-17-23(22-16)3-2-4-25-17/h5-6,8,13,15H,2-4,7H2,1H3,(H,21,24). The number of carbonyl (C=O) groups excluding carboxylic acids is 1. The van der Waals surface area contributed by atoms with E-state index in [1.54, 1.807) is 16.8 Å². The quantitative estimate of drug-likeness (QED) is 0.929. The number of nitriles is 1. The van der Waals surface area contributed by atoms with Crippen molar-refractivity contribution < 1.29 is 13.9 Å². The number of benzene rings is 1. The smallest absolute Gasteiger partial charge is 0.272 e. The Morgan fingerprint density at radius 1 is 1.48 bits per heavy atom. The minimum Gasteiger partial charge on any atom is -0.478 e. The molecule has 1 aromatic carbocycles. The van der Waals surface area contributed by atoms with E-state index in [0.717, 1.165) is 30.5 Å². The lowest BCUT2D eigenvalue weighted by molar-refractivity contribution is 0.0944. The number of ether oxygens (including phenoxy) is 1. The molecule has 6 nitrogen and oxygen atoms in total. The molecule has 2 aliphatic rings. The highest BCUT2D eigenvalue weighted by atomic mass is 19.1. The topological polar surface area (TPSA) is 79.9 Å². The first-order chi connectivity index (χ1) is 12.1. The lowest BCUT2D eigenvalue weighted by atomic mass is 10.0. The van der Waals surface area contributed by atoms with Crippen molar-refractivity contribution in [2.24, 2.45) is 0 Å². The van der Waals surface area contributed by atoms with Crippen molar-refractivity contribution in [3.63, 3.8) is 0 Å². The van der Waals surface area contributed by atoms with Crippen molar-refractivity contribution in [2.45, 2.75) is 38.3 Å². The van der Waals surface area contributed by atoms with E-state index in [1.165, 1.54) is 6.07 Å². The highest BCUT2D eigenvalue weighted by Crippen LogP contribution is 2.43. The fourth-order valence-electron chi connectivity index (χ4n) is 3.30. The van der Waals surface area contributed by atoms with E-state index in [1.807, 2.05) is 13.0 Å². The van der Waals surface area contributed by atoms with Crippen LogP contribution in [0, 0.1) is 24.1 Å². The minimum absolute atomic E-state index is 0.0433. The molecule has 7 heteroatoms. The van der Waals surface area contributed by atoms with E-state index in [2.05, 4.69) is 10.4 Å². The molecule has 2 aromatic rings. The van der Waals surface area contributed by atoms with Crippen molar-refractivity contribution in [3.8, 4) is 11.9 Å². The molecule has 25 heavy (non-hydrogen) atoms. The number of halogens is 1. The van der Waals surface area contributed by atoms with Crippen LogP contribution in [0.1, 0.15) is 45.9 Å². The van der Waals surface area contributed by atoms with Crippen molar-refractivity contribution in [1.29, 1.82) is 5.26 Å². The molecule has 2 atom stereocenters. The summed E-state index contributed by atoms with van der Waals surface area (Å²) in [5.41, 5.74) is 2.09. The van der Waals surface area contributed by atoms with Crippen LogP contribution in [0.4, 0.5) is 4.39 Å². The zero-order valence-electron chi connectivity index (χ0n) is 13.8. The Bertz CT molecular complexity index is 876. The monoisotopic (exact) mass is 340 g/mol. The average Bonchev–Trinajstić information content (AvgIpc) is 3.21. The Hall–Kier alpha value is -2.88. The van der Waals surface area contributed by atoms with Gasteiger partial charge in [0.2, 0.25) is 5.88 Å². The third kappa shape index (κ3) is 2.84. The average molecular weight is 340 g/mol. The first kappa shape index (κ1) is 15.6. The van der Waals surface area contributed by atoms with Gasteiger partial charge in [-0.1, -0.05) is 0 Å². The molecule has 1 saturated carbocycles. The zero-order valence-corrected chi connectivity index (χ0v) is 13.8. The minimum atomic E-state index is -0.515. The van der Waals surface area contributed by atoms with E-state index in [-0.39, 0.29) is 23.4 Å². The van der Waals surface area contributed by atoms with Crippen LogP contribution in [0.15, 0.2) is 18.2 Å². The summed E-state index contributed by atoms with van der Waals surface area (Å²) < 4.78 is 21.0. The number of carbonyl (C=O) groups is 1. The normalized spacial score (nSPS) is 21.0. The van der Waals surface area contributed by atoms with Crippen LogP contribution in [0.2, 0.25) is 0 Å². The molecule has 0 radical (unpaired) electrons. The van der Waals surface area contributed by atoms with E-state index in [4.69, 9.17) is 10.00 Å². The summed E-state index contributed by atoms with van der Waals surface area (Å²) in [5.74, 6) is -0.0720. The van der Waals surface area contributed by atoms with Gasteiger partial charge in [-0.25, -0.2) is 9.07 Å². The van der Waals surface area contributed by atoms with Gasteiger partial charge < -0.3 is 10.1 Å². The number of hydrogen-bond acceptors (Lipinski definition) is 4. The zero-order chi connectivity index (χ0) is 17.6. The predicted molar refractivity (Wildman–Crippen MR) is 86.8 cm³/mol. The molecular formula is C18H17FN4O2. The Morgan fingerprint density at radius 2 is 2.32 bits per heavy atom. The van der Waals surface area contributed by atoms with Crippen molar-refractivity contribution in [2.75, 3.05) is 6.61 Å². The van der Waals surface area contributed by atoms with Crippen LogP contribution < -0.4 is 10.1 Å². The molecule has 1 fully saturated rings. The Balaban J connectivity index is 1.46. The van der Waals surface area contributed by atoms with Gasteiger partial charge in [-0.3, -0.25) is 4.79 Å². The second kappa shape index (κ2) is 5.88. The molecule has 0 bridgehead atoms. The summed E-state index contributed by atoms with van der Waals surface area (Å²) in [5, 5.41) is 16.1. The number of nitrogens with zero attached hydrogens (tertiary/aromatic N) is 3. The number of hydrogen-bond donors (Lipinski definition) is 1. The summed E-state index contributed by atoms with van der Waals surface area (Å²) >= 11 is 0. The number of amides is 1. The molecular weight excluding hydrogens is 323 g/mol. The van der Waals surface area contributed by atoms with Gasteiger partial charge in [0.25, 0.3) is 5.91 Å². The highest BCUT2D eigenvalue weighted by Gasteiger charge is 2.41. The Labute approximate surface area is 144 Å². The molecule has 1 aliphatic heterocycles. The molecule has 0 spiro atoms. The molecule has 2 unspecified atom stereocenters. The molecule has 2 heterocycles. The molecule has 1 amide bonds. The van der Waals surface area contributed by atoms with Crippen LogP contribution in [-0.4, -0.2) is 28.3 Å². The van der Waals surface area contributed by atoms with Crippen LogP contribution in [0.5, 0.6) is 5.88 Å². The fourth-order valence-corrected chi connectivity index (χ4v) is 3.30.